The zero-order valence-electron chi connectivity index (χ0n) is 33.1. The van der Waals surface area contributed by atoms with Crippen LogP contribution in [0.25, 0.3) is 109 Å². The second-order valence-electron chi connectivity index (χ2n) is 16.8. The van der Waals surface area contributed by atoms with Gasteiger partial charge in [-0.25, -0.2) is 0 Å². The van der Waals surface area contributed by atoms with Gasteiger partial charge in [-0.05, 0) is 139 Å². The number of fused-ring (bicyclic) bond motifs is 10. The maximum Gasteiger partial charge on any atom is 0.0159 e. The monoisotopic (exact) mass is 748 g/mol. The van der Waals surface area contributed by atoms with Crippen LogP contribution in [-0.2, 0) is 5.41 Å². The lowest BCUT2D eigenvalue weighted by Gasteiger charge is -2.21. The van der Waals surface area contributed by atoms with Crippen molar-refractivity contribution in [3.8, 4) is 55.6 Å². The van der Waals surface area contributed by atoms with E-state index in [1.165, 1.54) is 121 Å². The molecule has 12 rings (SSSR count). The smallest absolute Gasteiger partial charge is 0.0159 e. The fourth-order valence-corrected chi connectivity index (χ4v) is 10.4. The molecule has 0 heterocycles. The summed E-state index contributed by atoms with van der Waals surface area (Å²) in [6.07, 6.45) is 0. The average Bonchev–Trinajstić information content (AvgIpc) is 3.53. The van der Waals surface area contributed by atoms with Gasteiger partial charge in [0.25, 0.3) is 0 Å². The molecular formula is C59H40. The van der Waals surface area contributed by atoms with Crippen molar-refractivity contribution in [1.29, 1.82) is 0 Å². The molecule has 0 radical (unpaired) electrons. The Bertz CT molecular complexity index is 3450. The molecule has 0 aromatic heterocycles. The molecule has 0 atom stereocenters. The molecule has 0 unspecified atom stereocenters. The molecule has 1 aliphatic rings. The first-order chi connectivity index (χ1) is 29.0. The van der Waals surface area contributed by atoms with Crippen molar-refractivity contribution in [3.05, 3.63) is 217 Å². The third-order valence-corrected chi connectivity index (χ3v) is 13.2. The maximum atomic E-state index is 2.43. The Kier molecular flexibility index (Phi) is 7.38. The minimum atomic E-state index is -0.0442. The van der Waals surface area contributed by atoms with E-state index in [1.807, 2.05) is 0 Å². The molecule has 59 heavy (non-hydrogen) atoms. The van der Waals surface area contributed by atoms with Crippen LogP contribution in [0.2, 0.25) is 0 Å². The lowest BCUT2D eigenvalue weighted by Crippen LogP contribution is -2.14. The Labute approximate surface area is 344 Å². The predicted molar refractivity (Wildman–Crippen MR) is 253 cm³/mol. The first-order valence-corrected chi connectivity index (χ1v) is 20.8. The van der Waals surface area contributed by atoms with Crippen LogP contribution in [0.5, 0.6) is 0 Å². The Morgan fingerprint density at radius 3 is 1.46 bits per heavy atom. The number of benzene rings is 11. The van der Waals surface area contributed by atoms with Crippen molar-refractivity contribution < 1.29 is 0 Å². The first-order valence-electron chi connectivity index (χ1n) is 20.8. The molecule has 0 amide bonds. The van der Waals surface area contributed by atoms with Crippen molar-refractivity contribution in [2.75, 3.05) is 0 Å². The Hall–Kier alpha value is -7.28. The highest BCUT2D eigenvalue weighted by Crippen LogP contribution is 2.52. The van der Waals surface area contributed by atoms with Gasteiger partial charge in [-0.1, -0.05) is 202 Å². The van der Waals surface area contributed by atoms with Gasteiger partial charge in [0.05, 0.1) is 0 Å². The zero-order chi connectivity index (χ0) is 39.2. The normalized spacial score (nSPS) is 13.1. The van der Waals surface area contributed by atoms with Gasteiger partial charge in [0, 0.05) is 5.41 Å². The summed E-state index contributed by atoms with van der Waals surface area (Å²) in [7, 11) is 0. The van der Waals surface area contributed by atoms with Gasteiger partial charge in [0.2, 0.25) is 0 Å². The standard InChI is InChI=1S/C59H40/c1-59(2)54-32-31-40(35-53(54)58-45-19-6-3-14-38(45)30-33-55(58)59)37-26-28-39(29-27-37)56-48-22-9-11-24-50(48)57(51-25-12-10-23-49(51)56)43-17-13-16-41(34-43)52-36-42-15-4-5-18-44(42)46-20-7-8-21-47(46)52/h3-36H,1-2H3. The molecule has 11 aromatic carbocycles. The Balaban J connectivity index is 0.992. The van der Waals surface area contributed by atoms with Crippen molar-refractivity contribution in [2.24, 2.45) is 0 Å². The van der Waals surface area contributed by atoms with Gasteiger partial charge in [0.1, 0.15) is 0 Å². The highest BCUT2D eigenvalue weighted by Gasteiger charge is 2.36. The molecule has 0 fully saturated rings. The fourth-order valence-electron chi connectivity index (χ4n) is 10.4. The molecule has 0 spiro atoms. The molecule has 0 bridgehead atoms. The summed E-state index contributed by atoms with van der Waals surface area (Å²) < 4.78 is 0. The number of rotatable bonds is 4. The minimum absolute atomic E-state index is 0.0442. The highest BCUT2D eigenvalue weighted by molar-refractivity contribution is 6.22. The van der Waals surface area contributed by atoms with Crippen molar-refractivity contribution in [3.63, 3.8) is 0 Å². The average molecular weight is 749 g/mol. The first kappa shape index (κ1) is 33.8. The second-order valence-corrected chi connectivity index (χ2v) is 16.8. The van der Waals surface area contributed by atoms with E-state index in [9.17, 15) is 0 Å². The van der Waals surface area contributed by atoms with Gasteiger partial charge < -0.3 is 0 Å². The van der Waals surface area contributed by atoms with E-state index in [0.29, 0.717) is 0 Å². The molecule has 11 aromatic rings. The molecule has 0 N–H and O–H groups in total. The van der Waals surface area contributed by atoms with Crippen molar-refractivity contribution in [2.45, 2.75) is 19.3 Å². The maximum absolute atomic E-state index is 2.43. The van der Waals surface area contributed by atoms with Crippen LogP contribution in [0.1, 0.15) is 25.0 Å². The van der Waals surface area contributed by atoms with E-state index in [4.69, 9.17) is 0 Å². The summed E-state index contributed by atoms with van der Waals surface area (Å²) in [5.41, 5.74) is 15.5. The van der Waals surface area contributed by atoms with Gasteiger partial charge in [-0.3, -0.25) is 0 Å². The van der Waals surface area contributed by atoms with Crippen LogP contribution in [0.3, 0.4) is 0 Å². The Morgan fingerprint density at radius 2 is 0.763 bits per heavy atom. The molecular weight excluding hydrogens is 709 g/mol. The summed E-state index contributed by atoms with van der Waals surface area (Å²) in [6.45, 7) is 4.73. The van der Waals surface area contributed by atoms with Crippen LogP contribution in [-0.4, -0.2) is 0 Å². The molecule has 0 nitrogen and oxygen atoms in total. The fraction of sp³-hybridized carbons (Fsp3) is 0.0508. The van der Waals surface area contributed by atoms with E-state index in [1.54, 1.807) is 0 Å². The van der Waals surface area contributed by atoms with Gasteiger partial charge in [-0.2, -0.15) is 0 Å². The van der Waals surface area contributed by atoms with Crippen LogP contribution in [0, 0.1) is 0 Å². The van der Waals surface area contributed by atoms with Crippen LogP contribution < -0.4 is 0 Å². The second kappa shape index (κ2) is 12.9. The summed E-state index contributed by atoms with van der Waals surface area (Å²) in [5, 5.41) is 12.8. The molecule has 0 saturated heterocycles. The summed E-state index contributed by atoms with van der Waals surface area (Å²) in [6, 6.07) is 76.9. The zero-order valence-corrected chi connectivity index (χ0v) is 33.1. The summed E-state index contributed by atoms with van der Waals surface area (Å²) in [5.74, 6) is 0. The quantitative estimate of drug-likeness (QED) is 0.124. The Morgan fingerprint density at radius 1 is 0.254 bits per heavy atom. The van der Waals surface area contributed by atoms with E-state index >= 15 is 0 Å². The van der Waals surface area contributed by atoms with Crippen molar-refractivity contribution in [1.82, 2.24) is 0 Å². The van der Waals surface area contributed by atoms with Gasteiger partial charge >= 0.3 is 0 Å². The van der Waals surface area contributed by atoms with E-state index < -0.39 is 0 Å². The summed E-state index contributed by atoms with van der Waals surface area (Å²) >= 11 is 0. The molecule has 276 valence electrons. The van der Waals surface area contributed by atoms with E-state index in [2.05, 4.69) is 220 Å². The minimum Gasteiger partial charge on any atom is -0.0616 e. The van der Waals surface area contributed by atoms with Crippen molar-refractivity contribution >= 4 is 53.9 Å². The number of hydrogen-bond acceptors (Lipinski definition) is 0. The van der Waals surface area contributed by atoms with Crippen LogP contribution >= 0.6 is 0 Å². The van der Waals surface area contributed by atoms with E-state index in [-0.39, 0.29) is 5.41 Å². The molecule has 1 aliphatic carbocycles. The SMILES string of the molecule is CC1(C)c2ccc(-c3ccc(-c4c5ccccc5c(-c5cccc(-c6cc7ccccc7c7ccccc67)c5)c5ccccc45)cc3)cc2-c2c1ccc1ccccc21. The molecule has 0 saturated carbocycles. The lowest BCUT2D eigenvalue weighted by molar-refractivity contribution is 0.661. The van der Waals surface area contributed by atoms with Gasteiger partial charge in [-0.15, -0.1) is 0 Å². The topological polar surface area (TPSA) is 0 Å². The lowest BCUT2D eigenvalue weighted by atomic mass is 9.82. The van der Waals surface area contributed by atoms with Crippen LogP contribution in [0.4, 0.5) is 0 Å². The predicted octanol–water partition coefficient (Wildman–Crippen LogP) is 16.4. The number of hydrogen-bond donors (Lipinski definition) is 0. The van der Waals surface area contributed by atoms with Crippen LogP contribution in [0.15, 0.2) is 206 Å². The third kappa shape index (κ3) is 5.09. The largest absolute Gasteiger partial charge is 0.0616 e. The molecule has 0 aliphatic heterocycles. The van der Waals surface area contributed by atoms with Gasteiger partial charge in [0.15, 0.2) is 0 Å². The highest BCUT2D eigenvalue weighted by atomic mass is 14.4. The summed E-state index contributed by atoms with van der Waals surface area (Å²) in [4.78, 5) is 0. The van der Waals surface area contributed by atoms with E-state index in [0.717, 1.165) is 0 Å². The third-order valence-electron chi connectivity index (χ3n) is 13.2. The molecule has 0 heteroatoms.